The van der Waals surface area contributed by atoms with Crippen LogP contribution in [0.2, 0.25) is 0 Å². The second-order valence-electron chi connectivity index (χ2n) is 17.1. The van der Waals surface area contributed by atoms with Crippen molar-refractivity contribution in [2.75, 3.05) is 47.5 Å². The van der Waals surface area contributed by atoms with Crippen molar-refractivity contribution < 1.29 is 42.1 Å². The first-order valence-electron chi connectivity index (χ1n) is 24.0. The van der Waals surface area contributed by atoms with Gasteiger partial charge in [-0.25, -0.2) is 0 Å². The van der Waals surface area contributed by atoms with Crippen LogP contribution in [0.4, 0.5) is 0 Å². The van der Waals surface area contributed by atoms with Crippen molar-refractivity contribution in [3.63, 3.8) is 0 Å². The molecule has 0 bridgehead atoms. The topological polar surface area (TPSA) is 111 Å². The van der Waals surface area contributed by atoms with Crippen molar-refractivity contribution in [1.29, 1.82) is 0 Å². The molecule has 2 unspecified atom stereocenters. The van der Waals surface area contributed by atoms with Gasteiger partial charge >= 0.3 is 11.9 Å². The van der Waals surface area contributed by atoms with Gasteiger partial charge in [-0.15, -0.1) is 0 Å². The Balaban J connectivity index is 4.20. The van der Waals surface area contributed by atoms with Crippen molar-refractivity contribution in [3.8, 4) is 0 Å². The van der Waals surface area contributed by atoms with E-state index in [4.69, 9.17) is 18.5 Å². The molecular formula is C50H90NO8P. The molecule has 10 heteroatoms. The molecule has 0 spiro atoms. The number of allylic oxidation sites excluding steroid dienone is 10. The largest absolute Gasteiger partial charge is 0.756 e. The Morgan fingerprint density at radius 3 is 1.43 bits per heavy atom. The summed E-state index contributed by atoms with van der Waals surface area (Å²) in [6.07, 6.45) is 51.1. The molecule has 0 radical (unpaired) electrons. The summed E-state index contributed by atoms with van der Waals surface area (Å²) in [4.78, 5) is 37.6. The van der Waals surface area contributed by atoms with Gasteiger partial charge in [-0.3, -0.25) is 14.2 Å². The van der Waals surface area contributed by atoms with Gasteiger partial charge in [0.25, 0.3) is 7.82 Å². The molecule has 0 saturated carbocycles. The van der Waals surface area contributed by atoms with E-state index >= 15 is 0 Å². The lowest BCUT2D eigenvalue weighted by Gasteiger charge is -2.28. The first-order chi connectivity index (χ1) is 29.0. The third-order valence-electron chi connectivity index (χ3n) is 10.0. The van der Waals surface area contributed by atoms with Gasteiger partial charge in [0.1, 0.15) is 19.8 Å². The van der Waals surface area contributed by atoms with Gasteiger partial charge in [-0.1, -0.05) is 171 Å². The van der Waals surface area contributed by atoms with E-state index in [9.17, 15) is 19.0 Å². The van der Waals surface area contributed by atoms with Crippen LogP contribution < -0.4 is 4.89 Å². The van der Waals surface area contributed by atoms with E-state index in [2.05, 4.69) is 74.6 Å². The Morgan fingerprint density at radius 1 is 0.533 bits per heavy atom. The average Bonchev–Trinajstić information content (AvgIpc) is 3.20. The lowest BCUT2D eigenvalue weighted by Crippen LogP contribution is -2.37. The summed E-state index contributed by atoms with van der Waals surface area (Å²) in [5.74, 6) is -0.849. The molecule has 0 aromatic carbocycles. The zero-order valence-corrected chi connectivity index (χ0v) is 40.0. The van der Waals surface area contributed by atoms with Crippen LogP contribution in [0.25, 0.3) is 0 Å². The molecule has 0 aliphatic carbocycles. The number of carbonyl (C=O) groups is 2. The number of hydrogen-bond acceptors (Lipinski definition) is 8. The summed E-state index contributed by atoms with van der Waals surface area (Å²) in [6.45, 7) is 4.06. The minimum absolute atomic E-state index is 0.0341. The number of nitrogens with zero attached hydrogens (tertiary/aromatic N) is 1. The highest BCUT2D eigenvalue weighted by Gasteiger charge is 2.21. The molecule has 0 aliphatic heterocycles. The number of quaternary nitrogens is 1. The van der Waals surface area contributed by atoms with Gasteiger partial charge in [-0.05, 0) is 70.6 Å². The molecule has 0 saturated heterocycles. The number of carbonyl (C=O) groups excluding carboxylic acids is 2. The SMILES string of the molecule is CC/C=C\C/C=C\C/C=C\C/C=C\CCCCCCCCCCCCCCC(=O)OC(COC(=O)CCCCCCC/C=C\CCCC)COP(=O)([O-])OCC[N+](C)(C)C. The van der Waals surface area contributed by atoms with Gasteiger partial charge in [0, 0.05) is 12.8 Å². The third kappa shape index (κ3) is 45.2. The van der Waals surface area contributed by atoms with Crippen LogP contribution in [0.1, 0.15) is 194 Å². The number of unbranched alkanes of at least 4 members (excludes halogenated alkanes) is 19. The van der Waals surface area contributed by atoms with Gasteiger partial charge in [0.15, 0.2) is 6.10 Å². The fourth-order valence-electron chi connectivity index (χ4n) is 6.27. The van der Waals surface area contributed by atoms with E-state index in [0.717, 1.165) is 89.9 Å². The fourth-order valence-corrected chi connectivity index (χ4v) is 7.00. The second kappa shape index (κ2) is 42.0. The Hall–Kier alpha value is -2.29. The number of phosphoric acid groups is 1. The maximum atomic E-state index is 12.7. The molecule has 0 aliphatic rings. The number of phosphoric ester groups is 1. The van der Waals surface area contributed by atoms with Crippen LogP contribution >= 0.6 is 7.82 Å². The predicted octanol–water partition coefficient (Wildman–Crippen LogP) is 13.4. The molecule has 0 rings (SSSR count). The number of likely N-dealkylation sites (N-methyl/N-ethyl adjacent to an activating group) is 1. The Kier molecular flexibility index (Phi) is 40.4. The summed E-state index contributed by atoms with van der Waals surface area (Å²) in [5, 5.41) is 0. The van der Waals surface area contributed by atoms with E-state index < -0.39 is 32.5 Å². The summed E-state index contributed by atoms with van der Waals surface area (Å²) >= 11 is 0. The number of ether oxygens (including phenoxy) is 2. The standard InChI is InChI=1S/C50H90NO8P/c1-6-8-10-12-14-16-18-19-20-21-22-23-24-25-26-27-28-29-30-31-33-35-37-39-41-43-50(53)59-48(47-58-60(54,55)57-45-44-51(3,4)5)46-56-49(52)42-40-38-36-34-32-17-15-13-11-9-7-2/h8,10,13-16,19-20,22-23,48H,6-7,9,11-12,17-18,21,24-47H2,1-5H3/b10-8-,15-13-,16-14-,20-19-,23-22-. The lowest BCUT2D eigenvalue weighted by molar-refractivity contribution is -0.870. The van der Waals surface area contributed by atoms with Crippen molar-refractivity contribution in [3.05, 3.63) is 60.8 Å². The smallest absolute Gasteiger partial charge is 0.306 e. The Bertz CT molecular complexity index is 1210. The monoisotopic (exact) mass is 864 g/mol. The van der Waals surface area contributed by atoms with E-state index in [-0.39, 0.29) is 26.1 Å². The summed E-state index contributed by atoms with van der Waals surface area (Å²) in [5.41, 5.74) is 0. The number of rotatable bonds is 43. The van der Waals surface area contributed by atoms with Crippen molar-refractivity contribution >= 4 is 19.8 Å². The molecule has 0 N–H and O–H groups in total. The van der Waals surface area contributed by atoms with Crippen LogP contribution in [-0.2, 0) is 32.7 Å². The van der Waals surface area contributed by atoms with Gasteiger partial charge < -0.3 is 27.9 Å². The Morgan fingerprint density at radius 2 is 0.950 bits per heavy atom. The molecule has 9 nitrogen and oxygen atoms in total. The van der Waals surface area contributed by atoms with Gasteiger partial charge in [0.2, 0.25) is 0 Å². The number of esters is 2. The molecule has 0 aromatic rings. The molecule has 348 valence electrons. The van der Waals surface area contributed by atoms with Crippen LogP contribution in [0.15, 0.2) is 60.8 Å². The normalized spacial score (nSPS) is 14.0. The first kappa shape index (κ1) is 57.7. The van der Waals surface area contributed by atoms with E-state index in [1.165, 1.54) is 70.6 Å². The first-order valence-corrected chi connectivity index (χ1v) is 25.5. The zero-order chi connectivity index (χ0) is 44.3. The fraction of sp³-hybridized carbons (Fsp3) is 0.760. The quantitative estimate of drug-likeness (QED) is 0.0196. The van der Waals surface area contributed by atoms with Crippen LogP contribution in [-0.4, -0.2) is 70.0 Å². The van der Waals surface area contributed by atoms with Crippen LogP contribution in [0.5, 0.6) is 0 Å². The van der Waals surface area contributed by atoms with Crippen molar-refractivity contribution in [2.24, 2.45) is 0 Å². The minimum atomic E-state index is -4.63. The maximum absolute atomic E-state index is 12.7. The van der Waals surface area contributed by atoms with Gasteiger partial charge in [-0.2, -0.15) is 0 Å². The zero-order valence-electron chi connectivity index (χ0n) is 39.1. The predicted molar refractivity (Wildman–Crippen MR) is 250 cm³/mol. The van der Waals surface area contributed by atoms with E-state index in [1.54, 1.807) is 0 Å². The van der Waals surface area contributed by atoms with Gasteiger partial charge in [0.05, 0.1) is 27.7 Å². The minimum Gasteiger partial charge on any atom is -0.756 e. The highest BCUT2D eigenvalue weighted by molar-refractivity contribution is 7.45. The molecule has 60 heavy (non-hydrogen) atoms. The lowest BCUT2D eigenvalue weighted by atomic mass is 10.0. The molecule has 0 amide bonds. The summed E-state index contributed by atoms with van der Waals surface area (Å²) in [7, 11) is 1.15. The van der Waals surface area contributed by atoms with E-state index in [0.29, 0.717) is 17.4 Å². The van der Waals surface area contributed by atoms with Crippen molar-refractivity contribution in [1.82, 2.24) is 0 Å². The highest BCUT2D eigenvalue weighted by atomic mass is 31.2. The summed E-state index contributed by atoms with van der Waals surface area (Å²) in [6, 6.07) is 0. The Labute approximate surface area is 368 Å². The summed E-state index contributed by atoms with van der Waals surface area (Å²) < 4.78 is 33.9. The van der Waals surface area contributed by atoms with Crippen molar-refractivity contribution in [2.45, 2.75) is 200 Å². The molecule has 0 fully saturated rings. The second-order valence-corrected chi connectivity index (χ2v) is 18.5. The highest BCUT2D eigenvalue weighted by Crippen LogP contribution is 2.38. The molecule has 0 aromatic heterocycles. The molecule has 2 atom stereocenters. The maximum Gasteiger partial charge on any atom is 0.306 e. The van der Waals surface area contributed by atoms with Crippen LogP contribution in [0, 0.1) is 0 Å². The molecular weight excluding hydrogens is 774 g/mol. The third-order valence-corrected chi connectivity index (χ3v) is 11.0. The molecule has 0 heterocycles. The van der Waals surface area contributed by atoms with E-state index in [1.807, 2.05) is 21.1 Å². The van der Waals surface area contributed by atoms with Crippen LogP contribution in [0.3, 0.4) is 0 Å². The average molecular weight is 864 g/mol. The number of hydrogen-bond donors (Lipinski definition) is 0.